The quantitative estimate of drug-likeness (QED) is 0.615. The smallest absolute Gasteiger partial charge is 0.235 e. The number of thioether (sulfide) groups is 1. The first-order valence-corrected chi connectivity index (χ1v) is 9.69. The van der Waals surface area contributed by atoms with Crippen LogP contribution in [0.2, 0.25) is 0 Å². The summed E-state index contributed by atoms with van der Waals surface area (Å²) in [5.41, 5.74) is 1.78. The van der Waals surface area contributed by atoms with Gasteiger partial charge in [-0.3, -0.25) is 14.4 Å². The Hall–Kier alpha value is -1.97. The fourth-order valence-electron chi connectivity index (χ4n) is 2.75. The normalized spacial score (nSPS) is 17.5. The van der Waals surface area contributed by atoms with Crippen LogP contribution in [0.3, 0.4) is 0 Å². The summed E-state index contributed by atoms with van der Waals surface area (Å²) in [6, 6.07) is 7.61. The molecule has 1 N–H and O–H groups in total. The minimum absolute atomic E-state index is 0.0428. The zero-order valence-electron chi connectivity index (χ0n) is 14.1. The largest absolute Gasteiger partial charge is 0.378 e. The van der Waals surface area contributed by atoms with Gasteiger partial charge in [0.2, 0.25) is 17.7 Å². The van der Waals surface area contributed by atoms with E-state index in [1.165, 1.54) is 0 Å². The number of hydrogen-bond donors (Lipinski definition) is 1. The van der Waals surface area contributed by atoms with Gasteiger partial charge < -0.3 is 15.0 Å². The monoisotopic (exact) mass is 393 g/mol. The number of amides is 3. The first-order chi connectivity index (χ1) is 12.5. The van der Waals surface area contributed by atoms with Gasteiger partial charge in [0.25, 0.3) is 0 Å². The fraction of sp³-hybridized carbons (Fsp3) is 0.412. The first kappa shape index (κ1) is 18.8. The lowest BCUT2D eigenvalue weighted by Gasteiger charge is -2.28. The molecule has 1 aromatic carbocycles. The molecule has 2 aliphatic rings. The van der Waals surface area contributed by atoms with Crippen LogP contribution in [0.5, 0.6) is 0 Å². The van der Waals surface area contributed by atoms with Crippen molar-refractivity contribution in [3.05, 3.63) is 24.3 Å². The van der Waals surface area contributed by atoms with E-state index in [-0.39, 0.29) is 40.6 Å². The van der Waals surface area contributed by atoms with Gasteiger partial charge in [-0.15, -0.1) is 0 Å². The second-order valence-corrected chi connectivity index (χ2v) is 7.48. The lowest BCUT2D eigenvalue weighted by atomic mass is 10.2. The maximum absolute atomic E-state index is 12.1. The summed E-state index contributed by atoms with van der Waals surface area (Å²) in [6.07, 6.45) is 0.364. The van der Waals surface area contributed by atoms with E-state index in [1.54, 1.807) is 0 Å². The van der Waals surface area contributed by atoms with E-state index in [2.05, 4.69) is 10.2 Å². The summed E-state index contributed by atoms with van der Waals surface area (Å²) in [7, 11) is 0. The Morgan fingerprint density at radius 2 is 1.73 bits per heavy atom. The molecular weight excluding hydrogens is 374 g/mol. The summed E-state index contributed by atoms with van der Waals surface area (Å²) < 4.78 is 5.47. The van der Waals surface area contributed by atoms with Crippen LogP contribution in [0.1, 0.15) is 12.8 Å². The van der Waals surface area contributed by atoms with Crippen molar-refractivity contribution in [2.24, 2.45) is 0 Å². The molecular formula is C17H19N3O4S2. The molecule has 0 unspecified atom stereocenters. The van der Waals surface area contributed by atoms with Gasteiger partial charge in [0, 0.05) is 37.3 Å². The Labute approximate surface area is 161 Å². The van der Waals surface area contributed by atoms with Crippen LogP contribution >= 0.6 is 24.0 Å². The maximum atomic E-state index is 12.1. The van der Waals surface area contributed by atoms with E-state index < -0.39 is 0 Å². The van der Waals surface area contributed by atoms with E-state index >= 15 is 0 Å². The predicted molar refractivity (Wildman–Crippen MR) is 104 cm³/mol. The van der Waals surface area contributed by atoms with Crippen LogP contribution in [0.4, 0.5) is 11.4 Å². The molecule has 0 spiro atoms. The third kappa shape index (κ3) is 4.60. The number of benzene rings is 1. The Morgan fingerprint density at radius 1 is 1.12 bits per heavy atom. The van der Waals surface area contributed by atoms with Crippen LogP contribution in [0.15, 0.2) is 24.3 Å². The van der Waals surface area contributed by atoms with Crippen LogP contribution in [-0.4, -0.2) is 59.0 Å². The van der Waals surface area contributed by atoms with Gasteiger partial charge in [0.05, 0.1) is 19.0 Å². The summed E-state index contributed by atoms with van der Waals surface area (Å²) >= 11 is 6.11. The fourth-order valence-corrected chi connectivity index (χ4v) is 3.79. The summed E-state index contributed by atoms with van der Waals surface area (Å²) in [6.45, 7) is 3.15. The minimum atomic E-state index is -0.299. The number of ether oxygens (including phenoxy) is 1. The van der Waals surface area contributed by atoms with Gasteiger partial charge in [0.15, 0.2) is 0 Å². The minimum Gasteiger partial charge on any atom is -0.378 e. The number of carbonyl (C=O) groups excluding carboxylic acids is 3. The molecule has 0 aliphatic carbocycles. The molecule has 0 atom stereocenters. The highest BCUT2D eigenvalue weighted by Gasteiger charge is 2.32. The van der Waals surface area contributed by atoms with Gasteiger partial charge in [-0.05, 0) is 24.3 Å². The number of imide groups is 1. The summed E-state index contributed by atoms with van der Waals surface area (Å²) in [5.74, 6) is -0.796. The number of hydrogen-bond acceptors (Lipinski definition) is 7. The molecule has 0 bridgehead atoms. The molecule has 26 heavy (non-hydrogen) atoms. The molecule has 2 heterocycles. The van der Waals surface area contributed by atoms with Crippen molar-refractivity contribution >= 4 is 57.4 Å². The lowest BCUT2D eigenvalue weighted by Crippen LogP contribution is -2.36. The van der Waals surface area contributed by atoms with E-state index in [0.29, 0.717) is 5.69 Å². The maximum Gasteiger partial charge on any atom is 0.235 e. The van der Waals surface area contributed by atoms with Crippen molar-refractivity contribution in [1.82, 2.24) is 4.90 Å². The van der Waals surface area contributed by atoms with Gasteiger partial charge in [-0.2, -0.15) is 0 Å². The van der Waals surface area contributed by atoms with E-state index in [1.807, 2.05) is 24.3 Å². The van der Waals surface area contributed by atoms with E-state index in [9.17, 15) is 14.4 Å². The number of morpholine rings is 1. The number of nitrogens with zero attached hydrogens (tertiary/aromatic N) is 2. The average molecular weight is 393 g/mol. The molecule has 138 valence electrons. The van der Waals surface area contributed by atoms with Gasteiger partial charge >= 0.3 is 0 Å². The number of thiocarbonyl (C=S) groups is 1. The van der Waals surface area contributed by atoms with Crippen molar-refractivity contribution < 1.29 is 19.1 Å². The van der Waals surface area contributed by atoms with Crippen LogP contribution in [-0.2, 0) is 19.1 Å². The Morgan fingerprint density at radius 3 is 2.35 bits per heavy atom. The lowest BCUT2D eigenvalue weighted by molar-refractivity contribution is -0.133. The highest BCUT2D eigenvalue weighted by molar-refractivity contribution is 8.23. The third-order valence-electron chi connectivity index (χ3n) is 4.09. The topological polar surface area (TPSA) is 79.0 Å². The van der Waals surface area contributed by atoms with Gasteiger partial charge in [-0.1, -0.05) is 24.0 Å². The first-order valence-electron chi connectivity index (χ1n) is 8.30. The molecule has 1 aromatic rings. The molecule has 2 fully saturated rings. The number of anilines is 2. The van der Waals surface area contributed by atoms with Gasteiger partial charge in [-0.25, -0.2) is 4.90 Å². The van der Waals surface area contributed by atoms with Crippen molar-refractivity contribution in [3.63, 3.8) is 0 Å². The number of nitrogens with one attached hydrogen (secondary N) is 1. The van der Waals surface area contributed by atoms with E-state index in [0.717, 1.165) is 48.7 Å². The molecule has 2 saturated heterocycles. The molecule has 0 saturated carbocycles. The third-order valence-corrected chi connectivity index (χ3v) is 5.46. The zero-order valence-corrected chi connectivity index (χ0v) is 15.7. The molecule has 0 radical (unpaired) electrons. The second kappa shape index (κ2) is 8.61. The molecule has 7 nitrogen and oxygen atoms in total. The number of likely N-dealkylation sites (tertiary alicyclic amines) is 1. The standard InChI is InChI=1S/C17H19N3O4S2/c21-14(11-26-17(25)20-15(22)5-6-16(20)23)18-12-1-3-13(4-2-12)19-7-9-24-10-8-19/h1-4H,5-11H2,(H,18,21). The molecule has 3 amide bonds. The Balaban J connectivity index is 1.48. The predicted octanol–water partition coefficient (Wildman–Crippen LogP) is 1.63. The number of rotatable bonds is 4. The van der Waals surface area contributed by atoms with Crippen molar-refractivity contribution in [2.75, 3.05) is 42.3 Å². The molecule has 2 aliphatic heterocycles. The van der Waals surface area contributed by atoms with Crippen LogP contribution in [0.25, 0.3) is 0 Å². The molecule has 0 aromatic heterocycles. The second-order valence-electron chi connectivity index (χ2n) is 5.87. The van der Waals surface area contributed by atoms with Crippen molar-refractivity contribution in [2.45, 2.75) is 12.8 Å². The summed E-state index contributed by atoms with van der Waals surface area (Å²) in [5, 5.41) is 2.79. The number of carbonyl (C=O) groups is 3. The average Bonchev–Trinajstić information content (AvgIpc) is 2.99. The summed E-state index contributed by atoms with van der Waals surface area (Å²) in [4.78, 5) is 38.5. The van der Waals surface area contributed by atoms with Crippen LogP contribution < -0.4 is 10.2 Å². The van der Waals surface area contributed by atoms with Gasteiger partial charge in [0.1, 0.15) is 4.32 Å². The van der Waals surface area contributed by atoms with Crippen molar-refractivity contribution in [1.29, 1.82) is 0 Å². The highest BCUT2D eigenvalue weighted by atomic mass is 32.2. The highest BCUT2D eigenvalue weighted by Crippen LogP contribution is 2.21. The SMILES string of the molecule is O=C(CSC(=S)N1C(=O)CCC1=O)Nc1ccc(N2CCOCC2)cc1. The Kier molecular flexibility index (Phi) is 6.23. The molecule has 3 rings (SSSR count). The zero-order chi connectivity index (χ0) is 18.5. The molecule has 9 heteroatoms. The van der Waals surface area contributed by atoms with E-state index in [4.69, 9.17) is 17.0 Å². The van der Waals surface area contributed by atoms with Crippen molar-refractivity contribution in [3.8, 4) is 0 Å². The Bertz CT molecular complexity index is 701. The van der Waals surface area contributed by atoms with Crippen LogP contribution in [0, 0.1) is 0 Å².